The fourth-order valence-corrected chi connectivity index (χ4v) is 2.66. The molecule has 0 bridgehead atoms. The predicted octanol–water partition coefficient (Wildman–Crippen LogP) is 2.78. The number of hydrogen-bond donors (Lipinski definition) is 2. The Hall–Kier alpha value is -1.55. The molecule has 0 aromatic heterocycles. The fourth-order valence-electron chi connectivity index (χ4n) is 2.43. The lowest BCUT2D eigenvalue weighted by Gasteiger charge is -2.41. The van der Waals surface area contributed by atoms with Crippen molar-refractivity contribution in [2.75, 3.05) is 0 Å². The maximum absolute atomic E-state index is 12.2. The van der Waals surface area contributed by atoms with Crippen molar-refractivity contribution in [3.05, 3.63) is 34.3 Å². The van der Waals surface area contributed by atoms with Crippen LogP contribution in [0.4, 0.5) is 0 Å². The van der Waals surface area contributed by atoms with Crippen molar-refractivity contribution in [2.24, 2.45) is 0 Å². The molecule has 0 unspecified atom stereocenters. The second-order valence-electron chi connectivity index (χ2n) is 5.12. The molecule has 1 amide bonds. The maximum atomic E-state index is 12.2. The van der Waals surface area contributed by atoms with Gasteiger partial charge in [-0.3, -0.25) is 9.59 Å². The Morgan fingerprint density at radius 1 is 1.42 bits per heavy atom. The third kappa shape index (κ3) is 3.07. The van der Waals surface area contributed by atoms with Crippen LogP contribution in [0, 0.1) is 6.92 Å². The highest BCUT2D eigenvalue weighted by atomic mass is 35.5. The smallest absolute Gasteiger partial charge is 0.305 e. The zero-order valence-corrected chi connectivity index (χ0v) is 11.5. The quantitative estimate of drug-likeness (QED) is 0.892. The number of carboxylic acid groups (broad SMARTS) is 1. The summed E-state index contributed by atoms with van der Waals surface area (Å²) >= 11 is 5.85. The van der Waals surface area contributed by atoms with Gasteiger partial charge >= 0.3 is 5.97 Å². The first kappa shape index (κ1) is 13.9. The lowest BCUT2D eigenvalue weighted by atomic mass is 9.74. The highest BCUT2D eigenvalue weighted by Crippen LogP contribution is 2.35. The molecule has 0 atom stereocenters. The summed E-state index contributed by atoms with van der Waals surface area (Å²) in [6, 6.07) is 5.05. The summed E-state index contributed by atoms with van der Waals surface area (Å²) in [4.78, 5) is 23.1. The lowest BCUT2D eigenvalue weighted by molar-refractivity contribution is -0.139. The van der Waals surface area contributed by atoms with Crippen LogP contribution in [-0.4, -0.2) is 22.5 Å². The van der Waals surface area contributed by atoms with Crippen LogP contribution < -0.4 is 5.32 Å². The van der Waals surface area contributed by atoms with E-state index in [1.54, 1.807) is 18.2 Å². The molecule has 102 valence electrons. The van der Waals surface area contributed by atoms with Crippen LogP contribution in [0.15, 0.2) is 18.2 Å². The molecule has 0 spiro atoms. The van der Waals surface area contributed by atoms with Gasteiger partial charge in [-0.25, -0.2) is 0 Å². The molecule has 1 aliphatic rings. The van der Waals surface area contributed by atoms with Crippen molar-refractivity contribution in [3.8, 4) is 0 Å². The predicted molar refractivity (Wildman–Crippen MR) is 72.5 cm³/mol. The highest BCUT2D eigenvalue weighted by molar-refractivity contribution is 6.30. The Morgan fingerprint density at radius 2 is 2.11 bits per heavy atom. The van der Waals surface area contributed by atoms with Gasteiger partial charge < -0.3 is 10.4 Å². The number of hydrogen-bond acceptors (Lipinski definition) is 2. The number of nitrogens with one attached hydrogen (secondary N) is 1. The third-order valence-electron chi connectivity index (χ3n) is 3.61. The van der Waals surface area contributed by atoms with E-state index in [0.29, 0.717) is 10.6 Å². The van der Waals surface area contributed by atoms with E-state index in [1.165, 1.54) is 0 Å². The molecule has 1 aromatic carbocycles. The minimum absolute atomic E-state index is 0.0224. The van der Waals surface area contributed by atoms with Crippen LogP contribution >= 0.6 is 11.6 Å². The van der Waals surface area contributed by atoms with E-state index in [0.717, 1.165) is 24.8 Å². The molecule has 1 aliphatic carbocycles. The standard InChI is InChI=1S/C14H16ClNO3/c1-9-7-10(15)3-4-11(9)13(19)16-14(5-2-6-14)8-12(17)18/h3-4,7H,2,5-6,8H2,1H3,(H,16,19)(H,17,18). The van der Waals surface area contributed by atoms with Gasteiger partial charge in [-0.1, -0.05) is 11.6 Å². The van der Waals surface area contributed by atoms with Crippen molar-refractivity contribution in [2.45, 2.75) is 38.1 Å². The van der Waals surface area contributed by atoms with E-state index in [4.69, 9.17) is 16.7 Å². The van der Waals surface area contributed by atoms with Gasteiger partial charge in [-0.2, -0.15) is 0 Å². The second-order valence-corrected chi connectivity index (χ2v) is 5.55. The molecule has 0 saturated heterocycles. The summed E-state index contributed by atoms with van der Waals surface area (Å²) in [6.07, 6.45) is 2.37. The number of rotatable bonds is 4. The topological polar surface area (TPSA) is 66.4 Å². The molecule has 0 heterocycles. The van der Waals surface area contributed by atoms with Crippen LogP contribution in [0.25, 0.3) is 0 Å². The maximum Gasteiger partial charge on any atom is 0.305 e. The third-order valence-corrected chi connectivity index (χ3v) is 3.85. The van der Waals surface area contributed by atoms with Crippen LogP contribution in [0.5, 0.6) is 0 Å². The molecule has 1 fully saturated rings. The van der Waals surface area contributed by atoms with Gasteiger partial charge in [0, 0.05) is 10.6 Å². The summed E-state index contributed by atoms with van der Waals surface area (Å²) < 4.78 is 0. The molecule has 1 aromatic rings. The van der Waals surface area contributed by atoms with Crippen molar-refractivity contribution >= 4 is 23.5 Å². The zero-order valence-electron chi connectivity index (χ0n) is 10.7. The SMILES string of the molecule is Cc1cc(Cl)ccc1C(=O)NC1(CC(=O)O)CCC1. The number of aryl methyl sites for hydroxylation is 1. The van der Waals surface area contributed by atoms with Crippen LogP contribution in [0.3, 0.4) is 0 Å². The first-order valence-corrected chi connectivity index (χ1v) is 6.60. The summed E-state index contributed by atoms with van der Waals surface area (Å²) in [5, 5.41) is 12.4. The number of aliphatic carboxylic acids is 1. The number of carbonyl (C=O) groups is 2. The van der Waals surface area contributed by atoms with Gasteiger partial charge in [-0.15, -0.1) is 0 Å². The molecule has 0 radical (unpaired) electrons. The minimum atomic E-state index is -0.882. The van der Waals surface area contributed by atoms with Crippen molar-refractivity contribution in [1.82, 2.24) is 5.32 Å². The fraction of sp³-hybridized carbons (Fsp3) is 0.429. The van der Waals surface area contributed by atoms with E-state index >= 15 is 0 Å². The highest BCUT2D eigenvalue weighted by Gasteiger charge is 2.40. The van der Waals surface area contributed by atoms with Gasteiger partial charge in [0.05, 0.1) is 12.0 Å². The van der Waals surface area contributed by atoms with E-state index in [2.05, 4.69) is 5.32 Å². The molecule has 0 aliphatic heterocycles. The molecule has 2 rings (SSSR count). The second kappa shape index (κ2) is 5.21. The number of carboxylic acids is 1. The minimum Gasteiger partial charge on any atom is -0.481 e. The van der Waals surface area contributed by atoms with Crippen LogP contribution in [0.1, 0.15) is 41.6 Å². The molecule has 19 heavy (non-hydrogen) atoms. The lowest BCUT2D eigenvalue weighted by Crippen LogP contribution is -2.54. The van der Waals surface area contributed by atoms with Gasteiger partial charge in [0.25, 0.3) is 5.91 Å². The van der Waals surface area contributed by atoms with Gasteiger partial charge in [0.15, 0.2) is 0 Å². The summed E-state index contributed by atoms with van der Waals surface area (Å²) in [5.41, 5.74) is 0.755. The number of carbonyl (C=O) groups excluding carboxylic acids is 1. The number of amides is 1. The number of halogens is 1. The van der Waals surface area contributed by atoms with Crippen LogP contribution in [0.2, 0.25) is 5.02 Å². The average Bonchev–Trinajstić information content (AvgIpc) is 2.25. The molecule has 5 heteroatoms. The summed E-state index contributed by atoms with van der Waals surface area (Å²) in [5.74, 6) is -1.11. The molecule has 2 N–H and O–H groups in total. The molecule has 1 saturated carbocycles. The first-order chi connectivity index (χ1) is 8.92. The van der Waals surface area contributed by atoms with Gasteiger partial charge in [-0.05, 0) is 49.9 Å². The molecule has 4 nitrogen and oxygen atoms in total. The summed E-state index contributed by atoms with van der Waals surface area (Å²) in [7, 11) is 0. The van der Waals surface area contributed by atoms with E-state index in [9.17, 15) is 9.59 Å². The van der Waals surface area contributed by atoms with Crippen molar-refractivity contribution in [3.63, 3.8) is 0 Å². The number of benzene rings is 1. The van der Waals surface area contributed by atoms with Gasteiger partial charge in [0.2, 0.25) is 0 Å². The molecular formula is C14H16ClNO3. The monoisotopic (exact) mass is 281 g/mol. The average molecular weight is 282 g/mol. The van der Waals surface area contributed by atoms with Crippen LogP contribution in [-0.2, 0) is 4.79 Å². The zero-order chi connectivity index (χ0) is 14.0. The molecular weight excluding hydrogens is 266 g/mol. The van der Waals surface area contributed by atoms with Gasteiger partial charge in [0.1, 0.15) is 0 Å². The Morgan fingerprint density at radius 3 is 2.58 bits per heavy atom. The largest absolute Gasteiger partial charge is 0.481 e. The Balaban J connectivity index is 2.13. The van der Waals surface area contributed by atoms with E-state index in [-0.39, 0.29) is 12.3 Å². The first-order valence-electron chi connectivity index (χ1n) is 6.22. The Labute approximate surface area is 116 Å². The summed E-state index contributed by atoms with van der Waals surface area (Å²) in [6.45, 7) is 1.81. The normalized spacial score (nSPS) is 16.5. The van der Waals surface area contributed by atoms with E-state index in [1.807, 2.05) is 6.92 Å². The van der Waals surface area contributed by atoms with Crippen molar-refractivity contribution in [1.29, 1.82) is 0 Å². The van der Waals surface area contributed by atoms with Crippen molar-refractivity contribution < 1.29 is 14.7 Å². The Kier molecular flexibility index (Phi) is 3.80. The van der Waals surface area contributed by atoms with E-state index < -0.39 is 11.5 Å². The Bertz CT molecular complexity index is 523.